The first-order valence-corrected chi connectivity index (χ1v) is 10.5. The van der Waals surface area contributed by atoms with Crippen LogP contribution in [-0.2, 0) is 17.1 Å². The number of ether oxygens (including phenoxy) is 1. The number of hydrogen-bond acceptors (Lipinski definition) is 6. The van der Waals surface area contributed by atoms with Gasteiger partial charge < -0.3 is 9.30 Å². The van der Waals surface area contributed by atoms with E-state index in [1.165, 1.54) is 16.8 Å². The summed E-state index contributed by atoms with van der Waals surface area (Å²) >= 11 is 0. The number of rotatable bonds is 5. The van der Waals surface area contributed by atoms with Gasteiger partial charge in [-0.05, 0) is 25.0 Å². The smallest absolute Gasteiger partial charge is 0.262 e. The Balaban J connectivity index is 1.49. The van der Waals surface area contributed by atoms with Crippen molar-refractivity contribution >= 4 is 10.0 Å². The van der Waals surface area contributed by atoms with Gasteiger partial charge in [0.25, 0.3) is 10.0 Å². The quantitative estimate of drug-likeness (QED) is 0.655. The molecule has 3 aromatic rings. The third-order valence-electron chi connectivity index (χ3n) is 4.77. The van der Waals surface area contributed by atoms with Gasteiger partial charge in [0, 0.05) is 44.6 Å². The van der Waals surface area contributed by atoms with Crippen molar-refractivity contribution in [3.63, 3.8) is 0 Å². The zero-order valence-corrected chi connectivity index (χ0v) is 16.3. The summed E-state index contributed by atoms with van der Waals surface area (Å²) in [5.41, 5.74) is 0.765. The number of hydrogen-bond donors (Lipinski definition) is 0. The first-order chi connectivity index (χ1) is 13.5. The molecule has 4 rings (SSSR count). The maximum absolute atomic E-state index is 12.7. The molecule has 0 N–H and O–H groups in total. The highest BCUT2D eigenvalue weighted by Gasteiger charge is 2.33. The number of aromatic nitrogens is 4. The van der Waals surface area contributed by atoms with E-state index in [9.17, 15) is 8.42 Å². The molecular weight excluding hydrogens is 378 g/mol. The minimum Gasteiger partial charge on any atom is -0.437 e. The van der Waals surface area contributed by atoms with Crippen LogP contribution in [0, 0.1) is 0 Å². The Labute approximate surface area is 163 Å². The highest BCUT2D eigenvalue weighted by atomic mass is 32.2. The van der Waals surface area contributed by atoms with Gasteiger partial charge in [0.05, 0.1) is 6.33 Å². The Morgan fingerprint density at radius 2 is 1.75 bits per heavy atom. The maximum atomic E-state index is 12.7. The predicted octanol–water partition coefficient (Wildman–Crippen LogP) is 2.57. The Morgan fingerprint density at radius 3 is 2.43 bits per heavy atom. The molecule has 0 saturated carbocycles. The lowest BCUT2D eigenvalue weighted by atomic mass is 9.94. The van der Waals surface area contributed by atoms with Crippen LogP contribution < -0.4 is 4.74 Å². The van der Waals surface area contributed by atoms with Crippen molar-refractivity contribution in [1.82, 2.24) is 23.8 Å². The molecule has 1 aliphatic heterocycles. The maximum Gasteiger partial charge on any atom is 0.262 e. The topological polar surface area (TPSA) is 90.2 Å². The minimum atomic E-state index is -3.57. The van der Waals surface area contributed by atoms with Crippen LogP contribution in [0.2, 0.25) is 0 Å². The normalized spacial score (nSPS) is 16.2. The molecule has 0 radical (unpaired) electrons. The Hall–Kier alpha value is -2.78. The second-order valence-corrected chi connectivity index (χ2v) is 8.60. The fourth-order valence-corrected chi connectivity index (χ4v) is 4.75. The molecule has 1 fully saturated rings. The van der Waals surface area contributed by atoms with E-state index in [1.54, 1.807) is 24.0 Å². The molecule has 1 saturated heterocycles. The van der Waals surface area contributed by atoms with E-state index in [-0.39, 0.29) is 10.9 Å². The van der Waals surface area contributed by atoms with E-state index in [1.807, 2.05) is 30.3 Å². The van der Waals surface area contributed by atoms with E-state index in [4.69, 9.17) is 4.74 Å². The van der Waals surface area contributed by atoms with Crippen molar-refractivity contribution in [3.05, 3.63) is 60.9 Å². The molecule has 0 spiro atoms. The second-order valence-electron chi connectivity index (χ2n) is 6.72. The largest absolute Gasteiger partial charge is 0.437 e. The summed E-state index contributed by atoms with van der Waals surface area (Å²) in [6, 6.07) is 9.43. The van der Waals surface area contributed by atoms with E-state index in [0.29, 0.717) is 37.6 Å². The fourth-order valence-electron chi connectivity index (χ4n) is 3.32. The molecule has 9 heteroatoms. The first kappa shape index (κ1) is 18.6. The number of piperidine rings is 1. The van der Waals surface area contributed by atoms with Gasteiger partial charge in [-0.25, -0.2) is 18.4 Å². The summed E-state index contributed by atoms with van der Waals surface area (Å²) in [4.78, 5) is 12.8. The number of aryl methyl sites for hydroxylation is 1. The highest BCUT2D eigenvalue weighted by Crippen LogP contribution is 2.34. The van der Waals surface area contributed by atoms with Crippen molar-refractivity contribution in [2.75, 3.05) is 13.1 Å². The number of benzene rings is 1. The van der Waals surface area contributed by atoms with Crippen LogP contribution in [-0.4, -0.2) is 45.3 Å². The lowest BCUT2D eigenvalue weighted by Crippen LogP contribution is -2.38. The molecule has 1 aliphatic rings. The monoisotopic (exact) mass is 399 g/mol. The van der Waals surface area contributed by atoms with E-state index >= 15 is 0 Å². The van der Waals surface area contributed by atoms with Gasteiger partial charge >= 0.3 is 0 Å². The summed E-state index contributed by atoms with van der Waals surface area (Å²) in [5.74, 6) is 1.25. The van der Waals surface area contributed by atoms with Crippen LogP contribution in [0.25, 0.3) is 0 Å². The van der Waals surface area contributed by atoms with Gasteiger partial charge in [0.15, 0.2) is 5.03 Å². The molecule has 0 bridgehead atoms. The van der Waals surface area contributed by atoms with Gasteiger partial charge in [0.1, 0.15) is 11.4 Å². The van der Waals surface area contributed by atoms with Crippen LogP contribution in [0.4, 0.5) is 0 Å². The van der Waals surface area contributed by atoms with Crippen molar-refractivity contribution in [3.8, 4) is 11.6 Å². The number of sulfonamides is 1. The standard InChI is InChI=1S/C19H21N5O3S/c1-23-13-17(22-14-23)28(25,26)24-11-7-15(8-12-24)18-19(21-10-9-20-18)27-16-5-3-2-4-6-16/h2-6,9-10,13-15H,7-8,11-12H2,1H3. The average molecular weight is 399 g/mol. The van der Waals surface area contributed by atoms with Gasteiger partial charge in [0.2, 0.25) is 5.88 Å². The van der Waals surface area contributed by atoms with E-state index in [0.717, 1.165) is 5.69 Å². The van der Waals surface area contributed by atoms with Crippen molar-refractivity contribution in [2.45, 2.75) is 23.8 Å². The lowest BCUT2D eigenvalue weighted by Gasteiger charge is -2.30. The molecule has 28 heavy (non-hydrogen) atoms. The molecule has 0 unspecified atom stereocenters. The summed E-state index contributed by atoms with van der Waals surface area (Å²) < 4.78 is 34.5. The molecule has 146 valence electrons. The van der Waals surface area contributed by atoms with Gasteiger partial charge in [-0.15, -0.1) is 0 Å². The van der Waals surface area contributed by atoms with Crippen molar-refractivity contribution in [2.24, 2.45) is 7.05 Å². The molecule has 3 heterocycles. The molecular formula is C19H21N5O3S. The van der Waals surface area contributed by atoms with Gasteiger partial charge in [-0.1, -0.05) is 18.2 Å². The SMILES string of the molecule is Cn1cnc(S(=O)(=O)N2CCC(c3nccnc3Oc3ccccc3)CC2)c1. The van der Waals surface area contributed by atoms with E-state index < -0.39 is 10.0 Å². The van der Waals surface area contributed by atoms with Crippen LogP contribution in [0.1, 0.15) is 24.5 Å². The molecule has 2 aromatic heterocycles. The minimum absolute atomic E-state index is 0.0843. The number of imidazole rings is 1. The zero-order chi connectivity index (χ0) is 19.6. The van der Waals surface area contributed by atoms with Crippen LogP contribution in [0.15, 0.2) is 60.3 Å². The van der Waals surface area contributed by atoms with Crippen LogP contribution >= 0.6 is 0 Å². The second kappa shape index (κ2) is 7.69. The molecule has 1 aromatic carbocycles. The van der Waals surface area contributed by atoms with E-state index in [2.05, 4.69) is 15.0 Å². The first-order valence-electron chi connectivity index (χ1n) is 9.06. The average Bonchev–Trinajstić information content (AvgIpc) is 3.17. The number of nitrogens with zero attached hydrogens (tertiary/aromatic N) is 5. The summed E-state index contributed by atoms with van der Waals surface area (Å²) in [6.07, 6.45) is 7.56. The fraction of sp³-hybridized carbons (Fsp3) is 0.316. The zero-order valence-electron chi connectivity index (χ0n) is 15.5. The Bertz CT molecular complexity index is 1040. The van der Waals surface area contributed by atoms with Gasteiger partial charge in [-0.3, -0.25) is 4.98 Å². The molecule has 0 atom stereocenters. The third kappa shape index (κ3) is 3.76. The summed E-state index contributed by atoms with van der Waals surface area (Å²) in [5, 5.41) is 0.0843. The predicted molar refractivity (Wildman–Crippen MR) is 102 cm³/mol. The molecule has 0 amide bonds. The molecule has 0 aliphatic carbocycles. The lowest BCUT2D eigenvalue weighted by molar-refractivity contribution is 0.310. The van der Waals surface area contributed by atoms with Crippen LogP contribution in [0.3, 0.4) is 0 Å². The van der Waals surface area contributed by atoms with Crippen molar-refractivity contribution in [1.29, 1.82) is 0 Å². The summed E-state index contributed by atoms with van der Waals surface area (Å²) in [6.45, 7) is 0.815. The van der Waals surface area contributed by atoms with Crippen molar-refractivity contribution < 1.29 is 13.2 Å². The van der Waals surface area contributed by atoms with Gasteiger partial charge in [-0.2, -0.15) is 4.31 Å². The number of para-hydroxylation sites is 1. The Kier molecular flexibility index (Phi) is 5.10. The molecule has 8 nitrogen and oxygen atoms in total. The Morgan fingerprint density at radius 1 is 1.04 bits per heavy atom. The highest BCUT2D eigenvalue weighted by molar-refractivity contribution is 7.89. The summed E-state index contributed by atoms with van der Waals surface area (Å²) in [7, 11) is -1.82. The third-order valence-corrected chi connectivity index (χ3v) is 6.56. The van der Waals surface area contributed by atoms with Crippen LogP contribution in [0.5, 0.6) is 11.6 Å².